The van der Waals surface area contributed by atoms with Crippen molar-refractivity contribution >= 4 is 12.0 Å². The molecule has 3 rings (SSSR count). The number of carbonyl (C=O) groups is 1. The summed E-state index contributed by atoms with van der Waals surface area (Å²) in [4.78, 5) is 14.8. The Kier molecular flexibility index (Phi) is 8.13. The van der Waals surface area contributed by atoms with Gasteiger partial charge in [0.25, 0.3) is 5.91 Å². The second-order valence-corrected chi connectivity index (χ2v) is 8.53. The molecular formula is C26H33N3O3. The van der Waals surface area contributed by atoms with Crippen molar-refractivity contribution in [1.82, 2.24) is 9.47 Å². The molecule has 1 aliphatic heterocycles. The first kappa shape index (κ1) is 23.6. The number of aromatic nitrogens is 1. The molecule has 1 aliphatic rings. The number of ether oxygens (including phenoxy) is 2. The Balaban J connectivity index is 1.62. The monoisotopic (exact) mass is 435 g/mol. The number of methoxy groups -OCH3 is 1. The van der Waals surface area contributed by atoms with Crippen molar-refractivity contribution in [3.8, 4) is 11.8 Å². The van der Waals surface area contributed by atoms with Crippen LogP contribution >= 0.6 is 0 Å². The van der Waals surface area contributed by atoms with Gasteiger partial charge < -0.3 is 18.9 Å². The van der Waals surface area contributed by atoms with E-state index in [-0.39, 0.29) is 17.5 Å². The minimum absolute atomic E-state index is 0.181. The fraction of sp³-hybridized carbons (Fsp3) is 0.462. The van der Waals surface area contributed by atoms with Crippen molar-refractivity contribution < 1.29 is 14.3 Å². The highest BCUT2D eigenvalue weighted by molar-refractivity contribution is 6.01. The molecule has 1 atom stereocenters. The maximum absolute atomic E-state index is 13.0. The van der Waals surface area contributed by atoms with Gasteiger partial charge in [-0.15, -0.1) is 0 Å². The van der Waals surface area contributed by atoms with Crippen LogP contribution in [-0.4, -0.2) is 48.8 Å². The third kappa shape index (κ3) is 5.60. The number of hydrogen-bond donors (Lipinski definition) is 0. The summed E-state index contributed by atoms with van der Waals surface area (Å²) in [5.74, 6) is 1.10. The van der Waals surface area contributed by atoms with Gasteiger partial charge in [0.2, 0.25) is 0 Å². The van der Waals surface area contributed by atoms with E-state index in [1.54, 1.807) is 18.1 Å². The Hall–Kier alpha value is -3.04. The van der Waals surface area contributed by atoms with Crippen LogP contribution in [0.1, 0.15) is 42.8 Å². The molecule has 1 aromatic carbocycles. The number of hydrogen-bond acceptors (Lipinski definition) is 4. The van der Waals surface area contributed by atoms with Gasteiger partial charge in [0.15, 0.2) is 0 Å². The number of benzene rings is 1. The van der Waals surface area contributed by atoms with E-state index in [1.807, 2.05) is 50.2 Å². The first-order valence-electron chi connectivity index (χ1n) is 11.2. The number of piperidine rings is 1. The Morgan fingerprint density at radius 2 is 1.94 bits per heavy atom. The normalized spacial score (nSPS) is 16.0. The molecular weight excluding hydrogens is 402 g/mol. The molecule has 1 fully saturated rings. The molecule has 0 bridgehead atoms. The average molecular weight is 436 g/mol. The Labute approximate surface area is 191 Å². The number of aryl methyl sites for hydroxylation is 1. The van der Waals surface area contributed by atoms with Gasteiger partial charge in [-0.25, -0.2) is 0 Å². The fourth-order valence-electron chi connectivity index (χ4n) is 4.44. The molecule has 0 radical (unpaired) electrons. The number of nitrogens with zero attached hydrogens (tertiary/aromatic N) is 3. The van der Waals surface area contributed by atoms with Gasteiger partial charge in [-0.2, -0.15) is 5.26 Å². The fourth-order valence-corrected chi connectivity index (χ4v) is 4.44. The van der Waals surface area contributed by atoms with Gasteiger partial charge in [-0.3, -0.25) is 4.79 Å². The molecule has 1 saturated heterocycles. The molecule has 6 nitrogen and oxygen atoms in total. The smallest absolute Gasteiger partial charge is 0.264 e. The van der Waals surface area contributed by atoms with E-state index in [1.165, 1.54) is 0 Å². The van der Waals surface area contributed by atoms with E-state index in [0.29, 0.717) is 32.2 Å². The maximum atomic E-state index is 13.0. The second-order valence-electron chi connectivity index (χ2n) is 8.53. The van der Waals surface area contributed by atoms with Crippen molar-refractivity contribution in [2.75, 3.05) is 33.4 Å². The van der Waals surface area contributed by atoms with Crippen molar-refractivity contribution in [1.29, 1.82) is 5.26 Å². The number of nitriles is 1. The summed E-state index contributed by atoms with van der Waals surface area (Å²) >= 11 is 0. The predicted octanol–water partition coefficient (Wildman–Crippen LogP) is 4.54. The predicted molar refractivity (Wildman–Crippen MR) is 125 cm³/mol. The molecule has 1 amide bonds. The molecule has 0 spiro atoms. The van der Waals surface area contributed by atoms with Crippen LogP contribution in [0.3, 0.4) is 0 Å². The van der Waals surface area contributed by atoms with Crippen molar-refractivity contribution in [3.05, 3.63) is 58.9 Å². The van der Waals surface area contributed by atoms with E-state index in [9.17, 15) is 10.1 Å². The summed E-state index contributed by atoms with van der Waals surface area (Å²) in [6.07, 6.45) is 3.48. The third-order valence-electron chi connectivity index (χ3n) is 6.15. The number of likely N-dealkylation sites (tertiary alicyclic amines) is 1. The number of rotatable bonds is 8. The Morgan fingerprint density at radius 1 is 1.25 bits per heavy atom. The van der Waals surface area contributed by atoms with Gasteiger partial charge in [0.1, 0.15) is 17.4 Å². The van der Waals surface area contributed by atoms with Crippen molar-refractivity contribution in [2.45, 2.75) is 39.7 Å². The van der Waals surface area contributed by atoms with Gasteiger partial charge in [0.05, 0.1) is 19.3 Å². The van der Waals surface area contributed by atoms with Crippen LogP contribution in [0.15, 0.2) is 42.0 Å². The summed E-state index contributed by atoms with van der Waals surface area (Å²) < 4.78 is 13.4. The lowest BCUT2D eigenvalue weighted by molar-refractivity contribution is -0.128. The van der Waals surface area contributed by atoms with E-state index >= 15 is 0 Å². The van der Waals surface area contributed by atoms with E-state index < -0.39 is 0 Å². The quantitative estimate of drug-likeness (QED) is 0.451. The standard InChI is InChI=1S/C26H33N3O3/c1-19-14-23(21(3)29(19)20(2)17-31-4)15-24(16-27)26(30)28-12-10-22(11-13-28)18-32-25-8-6-5-7-9-25/h5-9,14-15,20,22H,10-13,17-18H2,1-4H3/b24-15+. The summed E-state index contributed by atoms with van der Waals surface area (Å²) in [5, 5.41) is 9.70. The highest BCUT2D eigenvalue weighted by Crippen LogP contribution is 2.25. The average Bonchev–Trinajstić information content (AvgIpc) is 3.09. The number of para-hydroxylation sites is 1. The molecule has 2 aromatic rings. The first-order valence-corrected chi connectivity index (χ1v) is 11.2. The Morgan fingerprint density at radius 3 is 2.56 bits per heavy atom. The van der Waals surface area contributed by atoms with E-state index in [0.717, 1.165) is 35.5 Å². The molecule has 0 aliphatic carbocycles. The zero-order chi connectivity index (χ0) is 23.1. The van der Waals surface area contributed by atoms with Crippen LogP contribution in [0.25, 0.3) is 6.08 Å². The molecule has 170 valence electrons. The van der Waals surface area contributed by atoms with Crippen molar-refractivity contribution in [2.24, 2.45) is 5.92 Å². The van der Waals surface area contributed by atoms with Crippen LogP contribution in [0.4, 0.5) is 0 Å². The highest BCUT2D eigenvalue weighted by Gasteiger charge is 2.26. The Bertz CT molecular complexity index is 980. The molecule has 1 unspecified atom stereocenters. The summed E-state index contributed by atoms with van der Waals surface area (Å²) in [5.41, 5.74) is 3.21. The number of amides is 1. The van der Waals surface area contributed by atoms with Gasteiger partial charge in [0, 0.05) is 31.6 Å². The summed E-state index contributed by atoms with van der Waals surface area (Å²) in [7, 11) is 1.69. The van der Waals surface area contributed by atoms with Crippen molar-refractivity contribution in [3.63, 3.8) is 0 Å². The van der Waals surface area contributed by atoms with Crippen LogP contribution in [0.2, 0.25) is 0 Å². The largest absolute Gasteiger partial charge is 0.493 e. The molecule has 6 heteroatoms. The minimum Gasteiger partial charge on any atom is -0.493 e. The second kappa shape index (κ2) is 11.0. The topological polar surface area (TPSA) is 67.5 Å². The van der Waals surface area contributed by atoms with E-state index in [2.05, 4.69) is 17.6 Å². The van der Waals surface area contributed by atoms with E-state index in [4.69, 9.17) is 9.47 Å². The van der Waals surface area contributed by atoms with Crippen LogP contribution in [0, 0.1) is 31.1 Å². The molecule has 0 saturated carbocycles. The SMILES string of the molecule is COCC(C)n1c(C)cc(/C=C(\C#N)C(=O)N2CCC(COc3ccccc3)CC2)c1C. The first-order chi connectivity index (χ1) is 15.4. The molecule has 2 heterocycles. The highest BCUT2D eigenvalue weighted by atomic mass is 16.5. The maximum Gasteiger partial charge on any atom is 0.264 e. The van der Waals surface area contributed by atoms with Crippen LogP contribution < -0.4 is 4.74 Å². The van der Waals surface area contributed by atoms with Gasteiger partial charge >= 0.3 is 0 Å². The van der Waals surface area contributed by atoms with Gasteiger partial charge in [-0.1, -0.05) is 18.2 Å². The third-order valence-corrected chi connectivity index (χ3v) is 6.15. The van der Waals surface area contributed by atoms with Crippen LogP contribution in [-0.2, 0) is 9.53 Å². The summed E-state index contributed by atoms with van der Waals surface area (Å²) in [6.45, 7) is 8.69. The molecule has 32 heavy (non-hydrogen) atoms. The lowest BCUT2D eigenvalue weighted by atomic mass is 9.97. The lowest BCUT2D eigenvalue weighted by Gasteiger charge is -2.31. The van der Waals surface area contributed by atoms with Gasteiger partial charge in [-0.05, 0) is 69.4 Å². The summed E-state index contributed by atoms with van der Waals surface area (Å²) in [6, 6.07) is 14.1. The zero-order valence-corrected chi connectivity index (χ0v) is 19.5. The molecule has 0 N–H and O–H groups in total. The van der Waals surface area contributed by atoms with Crippen LogP contribution in [0.5, 0.6) is 5.75 Å². The zero-order valence-electron chi connectivity index (χ0n) is 19.5. The molecule has 1 aromatic heterocycles. The minimum atomic E-state index is -0.190. The number of carbonyl (C=O) groups excluding carboxylic acids is 1. The lowest BCUT2D eigenvalue weighted by Crippen LogP contribution is -2.40.